The van der Waals surface area contributed by atoms with Crippen LogP contribution in [-0.2, 0) is 0 Å². The maximum atomic E-state index is 10.7. The number of methoxy groups -OCH3 is 1. The minimum absolute atomic E-state index is 0.0809. The molecule has 0 unspecified atom stereocenters. The van der Waals surface area contributed by atoms with Crippen molar-refractivity contribution in [1.82, 2.24) is 4.98 Å². The highest BCUT2D eigenvalue weighted by molar-refractivity contribution is 5.85. The van der Waals surface area contributed by atoms with Crippen molar-refractivity contribution >= 4 is 22.4 Å². The van der Waals surface area contributed by atoms with Gasteiger partial charge in [0.25, 0.3) is 0 Å². The first-order valence-electron chi connectivity index (χ1n) is 4.50. The van der Waals surface area contributed by atoms with Gasteiger partial charge in [-0.3, -0.25) is 10.1 Å². The molecule has 0 aliphatic heterocycles. The van der Waals surface area contributed by atoms with Gasteiger partial charge in [-0.15, -0.1) is 0 Å². The fourth-order valence-corrected chi connectivity index (χ4v) is 1.43. The van der Waals surface area contributed by atoms with Gasteiger partial charge in [-0.05, 0) is 18.2 Å². The predicted octanol–water partition coefficient (Wildman–Crippen LogP) is 1.73. The van der Waals surface area contributed by atoms with Crippen LogP contribution in [0.25, 0.3) is 10.9 Å². The SMILES string of the molecule is COc1ccc2nc(N)c([N+](=O)[O-])cc2c1. The Morgan fingerprint density at radius 3 is 2.81 bits per heavy atom. The third-order valence-corrected chi connectivity index (χ3v) is 2.23. The summed E-state index contributed by atoms with van der Waals surface area (Å²) in [7, 11) is 1.53. The van der Waals surface area contributed by atoms with Crippen molar-refractivity contribution < 1.29 is 9.66 Å². The molecule has 2 aromatic rings. The smallest absolute Gasteiger partial charge is 0.311 e. The van der Waals surface area contributed by atoms with E-state index in [0.717, 1.165) is 0 Å². The molecular formula is C10H9N3O3. The molecule has 1 heterocycles. The lowest BCUT2D eigenvalue weighted by atomic mass is 10.2. The fourth-order valence-electron chi connectivity index (χ4n) is 1.43. The second-order valence-electron chi connectivity index (χ2n) is 3.21. The van der Waals surface area contributed by atoms with E-state index in [1.165, 1.54) is 13.2 Å². The number of hydrogen-bond donors (Lipinski definition) is 1. The van der Waals surface area contributed by atoms with Gasteiger partial charge in [0.15, 0.2) is 0 Å². The maximum absolute atomic E-state index is 10.7. The zero-order chi connectivity index (χ0) is 11.7. The van der Waals surface area contributed by atoms with Gasteiger partial charge in [-0.2, -0.15) is 0 Å². The van der Waals surface area contributed by atoms with Gasteiger partial charge in [-0.25, -0.2) is 4.98 Å². The molecule has 0 fully saturated rings. The molecule has 6 nitrogen and oxygen atoms in total. The molecule has 16 heavy (non-hydrogen) atoms. The van der Waals surface area contributed by atoms with Crippen molar-refractivity contribution in [2.45, 2.75) is 0 Å². The largest absolute Gasteiger partial charge is 0.497 e. The zero-order valence-corrected chi connectivity index (χ0v) is 8.51. The number of nitrogen functional groups attached to an aromatic ring is 1. The maximum Gasteiger partial charge on any atom is 0.311 e. The van der Waals surface area contributed by atoms with Gasteiger partial charge in [-0.1, -0.05) is 0 Å². The van der Waals surface area contributed by atoms with Gasteiger partial charge in [0.05, 0.1) is 17.5 Å². The molecule has 82 valence electrons. The first-order chi connectivity index (χ1) is 7.61. The normalized spacial score (nSPS) is 10.3. The summed E-state index contributed by atoms with van der Waals surface area (Å²) < 4.78 is 5.02. The second kappa shape index (κ2) is 3.65. The molecule has 6 heteroatoms. The van der Waals surface area contributed by atoms with Crippen molar-refractivity contribution in [2.24, 2.45) is 0 Å². The standard InChI is InChI=1S/C10H9N3O3/c1-16-7-2-3-8-6(4-7)5-9(13(14)15)10(11)12-8/h2-5H,1H3,(H2,11,12). The molecule has 0 saturated heterocycles. The number of rotatable bonds is 2. The molecule has 0 saturated carbocycles. The van der Waals surface area contributed by atoms with Crippen LogP contribution in [0, 0.1) is 10.1 Å². The number of nitro groups is 1. The summed E-state index contributed by atoms with van der Waals surface area (Å²) >= 11 is 0. The summed E-state index contributed by atoms with van der Waals surface area (Å²) in [5.41, 5.74) is 5.88. The average Bonchev–Trinajstić information content (AvgIpc) is 2.27. The third kappa shape index (κ3) is 1.60. The van der Waals surface area contributed by atoms with E-state index in [9.17, 15) is 10.1 Å². The molecule has 0 bridgehead atoms. The minimum atomic E-state index is -0.554. The van der Waals surface area contributed by atoms with Gasteiger partial charge < -0.3 is 10.5 Å². The Kier molecular flexibility index (Phi) is 2.32. The molecular weight excluding hydrogens is 210 g/mol. The van der Waals surface area contributed by atoms with Crippen LogP contribution in [0.4, 0.5) is 11.5 Å². The highest BCUT2D eigenvalue weighted by Crippen LogP contribution is 2.27. The van der Waals surface area contributed by atoms with E-state index in [1.807, 2.05) is 0 Å². The summed E-state index contributed by atoms with van der Waals surface area (Å²) in [6.07, 6.45) is 0. The summed E-state index contributed by atoms with van der Waals surface area (Å²) in [4.78, 5) is 14.1. The van der Waals surface area contributed by atoms with Crippen LogP contribution in [0.1, 0.15) is 0 Å². The van der Waals surface area contributed by atoms with Crippen molar-refractivity contribution in [3.05, 3.63) is 34.4 Å². The number of fused-ring (bicyclic) bond motifs is 1. The summed E-state index contributed by atoms with van der Waals surface area (Å²) in [5.74, 6) is 0.538. The Morgan fingerprint density at radius 2 is 2.19 bits per heavy atom. The van der Waals surface area contributed by atoms with E-state index in [4.69, 9.17) is 10.5 Å². The number of aromatic nitrogens is 1. The van der Waals surface area contributed by atoms with Crippen LogP contribution >= 0.6 is 0 Å². The number of hydrogen-bond acceptors (Lipinski definition) is 5. The summed E-state index contributed by atoms with van der Waals surface area (Å²) in [6, 6.07) is 6.49. The molecule has 0 aliphatic carbocycles. The molecule has 2 N–H and O–H groups in total. The fraction of sp³-hybridized carbons (Fsp3) is 0.100. The van der Waals surface area contributed by atoms with Crippen LogP contribution in [0.15, 0.2) is 24.3 Å². The van der Waals surface area contributed by atoms with Crippen LogP contribution in [-0.4, -0.2) is 17.0 Å². The van der Waals surface area contributed by atoms with E-state index in [0.29, 0.717) is 16.7 Å². The van der Waals surface area contributed by atoms with Gasteiger partial charge in [0.2, 0.25) is 5.82 Å². The van der Waals surface area contributed by atoms with E-state index in [1.54, 1.807) is 18.2 Å². The highest BCUT2D eigenvalue weighted by atomic mass is 16.6. The van der Waals surface area contributed by atoms with Crippen LogP contribution in [0.5, 0.6) is 5.75 Å². The summed E-state index contributed by atoms with van der Waals surface area (Å²) in [5, 5.41) is 11.3. The molecule has 1 aromatic heterocycles. The van der Waals surface area contributed by atoms with Crippen LogP contribution in [0.3, 0.4) is 0 Å². The molecule has 2 rings (SSSR count). The molecule has 0 aliphatic rings. The molecule has 0 atom stereocenters. The van der Waals surface area contributed by atoms with Gasteiger partial charge in [0.1, 0.15) is 5.75 Å². The van der Waals surface area contributed by atoms with E-state index in [2.05, 4.69) is 4.98 Å². The molecule has 1 aromatic carbocycles. The lowest BCUT2D eigenvalue weighted by Crippen LogP contribution is -1.98. The Bertz CT molecular complexity index is 568. The Balaban J connectivity index is 2.70. The van der Waals surface area contributed by atoms with Gasteiger partial charge in [0, 0.05) is 11.5 Å². The summed E-state index contributed by atoms with van der Waals surface area (Å²) in [6.45, 7) is 0. The van der Waals surface area contributed by atoms with Crippen molar-refractivity contribution in [1.29, 1.82) is 0 Å². The zero-order valence-electron chi connectivity index (χ0n) is 8.51. The van der Waals surface area contributed by atoms with E-state index in [-0.39, 0.29) is 11.5 Å². The first kappa shape index (κ1) is 10.2. The first-order valence-corrected chi connectivity index (χ1v) is 4.50. The number of benzene rings is 1. The second-order valence-corrected chi connectivity index (χ2v) is 3.21. The third-order valence-electron chi connectivity index (χ3n) is 2.23. The minimum Gasteiger partial charge on any atom is -0.497 e. The molecule has 0 amide bonds. The van der Waals surface area contributed by atoms with Crippen LogP contribution in [0.2, 0.25) is 0 Å². The van der Waals surface area contributed by atoms with Gasteiger partial charge >= 0.3 is 5.69 Å². The lowest BCUT2D eigenvalue weighted by molar-refractivity contribution is -0.384. The quantitative estimate of drug-likeness (QED) is 0.613. The van der Waals surface area contributed by atoms with E-state index < -0.39 is 4.92 Å². The number of nitrogens with two attached hydrogens (primary N) is 1. The number of pyridine rings is 1. The lowest BCUT2D eigenvalue weighted by Gasteiger charge is -2.03. The topological polar surface area (TPSA) is 91.3 Å². The Hall–Kier alpha value is -2.37. The Morgan fingerprint density at radius 1 is 1.44 bits per heavy atom. The molecule has 0 radical (unpaired) electrons. The monoisotopic (exact) mass is 219 g/mol. The van der Waals surface area contributed by atoms with Crippen molar-refractivity contribution in [3.63, 3.8) is 0 Å². The van der Waals surface area contributed by atoms with Crippen molar-refractivity contribution in [3.8, 4) is 5.75 Å². The number of anilines is 1. The Labute approximate surface area is 90.8 Å². The molecule has 0 spiro atoms. The van der Waals surface area contributed by atoms with Crippen LogP contribution < -0.4 is 10.5 Å². The van der Waals surface area contributed by atoms with E-state index >= 15 is 0 Å². The number of nitrogens with zero attached hydrogens (tertiary/aromatic N) is 2. The van der Waals surface area contributed by atoms with Crippen molar-refractivity contribution in [2.75, 3.05) is 12.8 Å². The highest BCUT2D eigenvalue weighted by Gasteiger charge is 2.14. The average molecular weight is 219 g/mol. The number of ether oxygens (including phenoxy) is 1. The predicted molar refractivity (Wildman–Crippen MR) is 59.4 cm³/mol.